The number of aryl methyl sites for hydroxylation is 1. The number of amides is 1. The summed E-state index contributed by atoms with van der Waals surface area (Å²) in [6.45, 7) is 6.89. The summed E-state index contributed by atoms with van der Waals surface area (Å²) in [5.74, 6) is -0.293. The molecule has 0 spiro atoms. The molecule has 1 heterocycles. The molecular formula is C13H21N2O+. The van der Waals surface area contributed by atoms with Gasteiger partial charge in [0.05, 0.1) is 5.41 Å². The summed E-state index contributed by atoms with van der Waals surface area (Å²) in [7, 11) is 0. The second-order valence-corrected chi connectivity index (χ2v) is 4.67. The third-order valence-corrected chi connectivity index (χ3v) is 3.00. The Bertz CT molecular complexity index is 355. The number of aromatic nitrogens is 1. The lowest BCUT2D eigenvalue weighted by molar-refractivity contribution is -0.697. The van der Waals surface area contributed by atoms with E-state index in [0.717, 1.165) is 12.1 Å². The third-order valence-electron chi connectivity index (χ3n) is 3.00. The number of hydrogen-bond acceptors (Lipinski definition) is 1. The van der Waals surface area contributed by atoms with Crippen molar-refractivity contribution in [3.63, 3.8) is 0 Å². The highest BCUT2D eigenvalue weighted by Gasteiger charge is 2.27. The van der Waals surface area contributed by atoms with E-state index in [1.54, 1.807) is 0 Å². The highest BCUT2D eigenvalue weighted by Crippen LogP contribution is 2.21. The summed E-state index contributed by atoms with van der Waals surface area (Å²) in [5, 5.41) is 0. The van der Waals surface area contributed by atoms with Crippen LogP contribution in [0.25, 0.3) is 0 Å². The molecule has 16 heavy (non-hydrogen) atoms. The zero-order valence-corrected chi connectivity index (χ0v) is 10.4. The van der Waals surface area contributed by atoms with Gasteiger partial charge in [-0.2, -0.15) is 0 Å². The summed E-state index contributed by atoms with van der Waals surface area (Å²) in [4.78, 5) is 11.3. The van der Waals surface area contributed by atoms with Crippen molar-refractivity contribution in [1.82, 2.24) is 0 Å². The average Bonchev–Trinajstić information content (AvgIpc) is 2.26. The van der Waals surface area contributed by atoms with Crippen molar-refractivity contribution in [2.75, 3.05) is 0 Å². The monoisotopic (exact) mass is 221 g/mol. The fourth-order valence-corrected chi connectivity index (χ4v) is 1.51. The minimum Gasteiger partial charge on any atom is -0.369 e. The molecule has 1 rings (SSSR count). The van der Waals surface area contributed by atoms with Gasteiger partial charge in [-0.3, -0.25) is 4.79 Å². The van der Waals surface area contributed by atoms with Crippen LogP contribution in [0.2, 0.25) is 0 Å². The van der Waals surface area contributed by atoms with Gasteiger partial charge in [0.15, 0.2) is 12.4 Å². The number of hydrogen-bond donors (Lipinski definition) is 1. The van der Waals surface area contributed by atoms with Crippen LogP contribution in [-0.2, 0) is 16.8 Å². The second kappa shape index (κ2) is 5.10. The minimum absolute atomic E-state index is 0.293. The van der Waals surface area contributed by atoms with Gasteiger partial charge < -0.3 is 5.73 Å². The molecule has 0 atom stereocenters. The van der Waals surface area contributed by atoms with Gasteiger partial charge in [-0.1, -0.05) is 13.3 Å². The van der Waals surface area contributed by atoms with Crippen LogP contribution in [-0.4, -0.2) is 5.91 Å². The van der Waals surface area contributed by atoms with Crippen LogP contribution >= 0.6 is 0 Å². The largest absolute Gasteiger partial charge is 0.369 e. The Morgan fingerprint density at radius 3 is 2.38 bits per heavy atom. The maximum atomic E-state index is 11.3. The van der Waals surface area contributed by atoms with Crippen LogP contribution in [0.5, 0.6) is 0 Å². The average molecular weight is 221 g/mol. The Labute approximate surface area is 97.3 Å². The lowest BCUT2D eigenvalue weighted by Crippen LogP contribution is -2.38. The SMILES string of the molecule is CCCC[n+]1ccc(C(C)(C)C(N)=O)cc1. The molecule has 1 aromatic rings. The molecule has 1 amide bonds. The molecule has 0 unspecified atom stereocenters. The molecule has 1 aromatic heterocycles. The molecule has 3 nitrogen and oxygen atoms in total. The fraction of sp³-hybridized carbons (Fsp3) is 0.538. The molecule has 0 fully saturated rings. The number of pyridine rings is 1. The Kier molecular flexibility index (Phi) is 4.05. The van der Waals surface area contributed by atoms with Gasteiger partial charge in [0.2, 0.25) is 5.91 Å². The first-order chi connectivity index (χ1) is 7.48. The fourth-order valence-electron chi connectivity index (χ4n) is 1.51. The third kappa shape index (κ3) is 2.81. The van der Waals surface area contributed by atoms with E-state index < -0.39 is 5.41 Å². The highest BCUT2D eigenvalue weighted by atomic mass is 16.1. The summed E-state index contributed by atoms with van der Waals surface area (Å²) in [6, 6.07) is 3.95. The van der Waals surface area contributed by atoms with Gasteiger partial charge in [0.1, 0.15) is 6.54 Å². The van der Waals surface area contributed by atoms with Crippen molar-refractivity contribution in [2.24, 2.45) is 5.73 Å². The molecule has 0 aliphatic rings. The Morgan fingerprint density at radius 1 is 1.38 bits per heavy atom. The number of carbonyl (C=O) groups is 1. The van der Waals surface area contributed by atoms with E-state index in [1.165, 1.54) is 12.8 Å². The van der Waals surface area contributed by atoms with E-state index in [0.29, 0.717) is 0 Å². The highest BCUT2D eigenvalue weighted by molar-refractivity contribution is 5.85. The summed E-state index contributed by atoms with van der Waals surface area (Å²) in [6.07, 6.45) is 6.37. The van der Waals surface area contributed by atoms with Gasteiger partial charge in [-0.25, -0.2) is 4.57 Å². The van der Waals surface area contributed by atoms with Crippen LogP contribution in [0.4, 0.5) is 0 Å². The molecular weight excluding hydrogens is 200 g/mol. The molecule has 0 aliphatic carbocycles. The zero-order chi connectivity index (χ0) is 12.2. The first-order valence-corrected chi connectivity index (χ1v) is 5.78. The maximum Gasteiger partial charge on any atom is 0.227 e. The predicted octanol–water partition coefficient (Wildman–Crippen LogP) is 1.54. The van der Waals surface area contributed by atoms with Gasteiger partial charge >= 0.3 is 0 Å². The summed E-state index contributed by atoms with van der Waals surface area (Å²) < 4.78 is 2.13. The first kappa shape index (κ1) is 12.7. The molecule has 0 bridgehead atoms. The number of nitrogens with two attached hydrogens (primary N) is 1. The van der Waals surface area contributed by atoms with Crippen molar-refractivity contribution in [1.29, 1.82) is 0 Å². The van der Waals surface area contributed by atoms with E-state index in [2.05, 4.69) is 11.5 Å². The Morgan fingerprint density at radius 2 is 1.94 bits per heavy atom. The van der Waals surface area contributed by atoms with E-state index in [-0.39, 0.29) is 5.91 Å². The van der Waals surface area contributed by atoms with E-state index >= 15 is 0 Å². The number of rotatable bonds is 5. The molecule has 0 aliphatic heterocycles. The van der Waals surface area contributed by atoms with Gasteiger partial charge in [0.25, 0.3) is 0 Å². The molecule has 3 heteroatoms. The van der Waals surface area contributed by atoms with Gasteiger partial charge in [0, 0.05) is 18.6 Å². The van der Waals surface area contributed by atoms with Crippen molar-refractivity contribution in [2.45, 2.75) is 45.6 Å². The van der Waals surface area contributed by atoms with Crippen LogP contribution < -0.4 is 10.3 Å². The Balaban J connectivity index is 2.82. The van der Waals surface area contributed by atoms with Crippen molar-refractivity contribution in [3.05, 3.63) is 30.1 Å². The standard InChI is InChI=1S/C13H20N2O/c1-4-5-8-15-9-6-11(7-10-15)13(2,3)12(14)16/h6-7,9-10H,4-5,8H2,1-3H3,(H-,14,16)/p+1. The van der Waals surface area contributed by atoms with Crippen LogP contribution in [0.1, 0.15) is 39.2 Å². The van der Waals surface area contributed by atoms with Crippen molar-refractivity contribution >= 4 is 5.91 Å². The number of primary amides is 1. The van der Waals surface area contributed by atoms with E-state index in [4.69, 9.17) is 5.73 Å². The number of unbranched alkanes of at least 4 members (excludes halogenated alkanes) is 1. The number of nitrogens with zero attached hydrogens (tertiary/aromatic N) is 1. The zero-order valence-electron chi connectivity index (χ0n) is 10.4. The molecule has 0 aromatic carbocycles. The lowest BCUT2D eigenvalue weighted by Gasteiger charge is -2.19. The molecule has 0 radical (unpaired) electrons. The number of carbonyl (C=O) groups excluding carboxylic acids is 1. The van der Waals surface area contributed by atoms with Crippen LogP contribution in [0.15, 0.2) is 24.5 Å². The first-order valence-electron chi connectivity index (χ1n) is 5.78. The van der Waals surface area contributed by atoms with Crippen LogP contribution in [0, 0.1) is 0 Å². The van der Waals surface area contributed by atoms with E-state index in [1.807, 2.05) is 38.4 Å². The quantitative estimate of drug-likeness (QED) is 0.753. The smallest absolute Gasteiger partial charge is 0.227 e. The van der Waals surface area contributed by atoms with Crippen molar-refractivity contribution < 1.29 is 9.36 Å². The molecule has 0 saturated carbocycles. The second-order valence-electron chi connectivity index (χ2n) is 4.67. The maximum absolute atomic E-state index is 11.3. The minimum atomic E-state index is -0.593. The molecule has 2 N–H and O–H groups in total. The van der Waals surface area contributed by atoms with Gasteiger partial charge in [-0.05, 0) is 19.4 Å². The Hall–Kier alpha value is -1.38. The van der Waals surface area contributed by atoms with Crippen molar-refractivity contribution in [3.8, 4) is 0 Å². The van der Waals surface area contributed by atoms with E-state index in [9.17, 15) is 4.79 Å². The molecule has 0 saturated heterocycles. The predicted molar refractivity (Wildman–Crippen MR) is 63.8 cm³/mol. The topological polar surface area (TPSA) is 47.0 Å². The summed E-state index contributed by atoms with van der Waals surface area (Å²) in [5.41, 5.74) is 5.75. The normalized spacial score (nSPS) is 11.4. The summed E-state index contributed by atoms with van der Waals surface area (Å²) >= 11 is 0. The van der Waals surface area contributed by atoms with Gasteiger partial charge in [-0.15, -0.1) is 0 Å². The molecule has 88 valence electrons. The van der Waals surface area contributed by atoms with Crippen LogP contribution in [0.3, 0.4) is 0 Å². The lowest BCUT2D eigenvalue weighted by atomic mass is 9.85.